The minimum Gasteiger partial charge on any atom is -0.338 e. The van der Waals surface area contributed by atoms with Gasteiger partial charge in [0.05, 0.1) is 5.92 Å². The summed E-state index contributed by atoms with van der Waals surface area (Å²) in [4.78, 5) is 21.4. The van der Waals surface area contributed by atoms with Crippen LogP contribution >= 0.6 is 11.3 Å². The van der Waals surface area contributed by atoms with Gasteiger partial charge >= 0.3 is 6.18 Å². The fourth-order valence-corrected chi connectivity index (χ4v) is 3.33. The number of imidazole rings is 1. The Balaban J connectivity index is 1.77. The Morgan fingerprint density at radius 1 is 1.43 bits per heavy atom. The van der Waals surface area contributed by atoms with Crippen molar-refractivity contribution in [1.82, 2.24) is 19.4 Å². The smallest absolute Gasteiger partial charge is 0.338 e. The largest absolute Gasteiger partial charge is 0.443 e. The third-order valence-electron chi connectivity index (χ3n) is 3.81. The van der Waals surface area contributed by atoms with Crippen LogP contribution in [-0.4, -0.2) is 44.5 Å². The zero-order chi connectivity index (χ0) is 16.8. The third-order valence-corrected chi connectivity index (χ3v) is 4.70. The third kappa shape index (κ3) is 2.95. The molecule has 0 unspecified atom stereocenters. The van der Waals surface area contributed by atoms with Gasteiger partial charge in [-0.2, -0.15) is 13.2 Å². The van der Waals surface area contributed by atoms with Crippen LogP contribution in [0.5, 0.6) is 0 Å². The molecule has 2 aromatic rings. The number of amides is 1. The summed E-state index contributed by atoms with van der Waals surface area (Å²) >= 11 is 0.414. The number of carbonyl (C=O) groups excluding carboxylic acids is 1. The molecule has 1 fully saturated rings. The highest BCUT2D eigenvalue weighted by Gasteiger charge is 2.39. The summed E-state index contributed by atoms with van der Waals surface area (Å²) in [5.74, 6) is 0.0608. The van der Waals surface area contributed by atoms with Crippen LogP contribution in [0.4, 0.5) is 13.2 Å². The first kappa shape index (κ1) is 15.9. The average Bonchev–Trinajstić information content (AvgIpc) is 3.16. The number of hydrogen-bond acceptors (Lipinski definition) is 5. The number of halogens is 3. The van der Waals surface area contributed by atoms with Crippen LogP contribution in [0.15, 0.2) is 17.8 Å². The van der Waals surface area contributed by atoms with E-state index in [2.05, 4.69) is 9.97 Å². The van der Waals surface area contributed by atoms with Gasteiger partial charge in [-0.25, -0.2) is 9.97 Å². The Hall–Kier alpha value is -1.94. The first-order valence-corrected chi connectivity index (χ1v) is 7.70. The van der Waals surface area contributed by atoms with E-state index in [0.29, 0.717) is 17.9 Å². The zero-order valence-electron chi connectivity index (χ0n) is 12.1. The van der Waals surface area contributed by atoms with Crippen LogP contribution < -0.4 is 5.73 Å². The number of likely N-dealkylation sites (tertiary alicyclic amines) is 1. The van der Waals surface area contributed by atoms with E-state index < -0.39 is 17.1 Å². The molecule has 2 atom stereocenters. The van der Waals surface area contributed by atoms with Crippen molar-refractivity contribution in [3.05, 3.63) is 34.3 Å². The quantitative estimate of drug-likeness (QED) is 0.894. The van der Waals surface area contributed by atoms with Crippen molar-refractivity contribution in [1.29, 1.82) is 0 Å². The van der Waals surface area contributed by atoms with Gasteiger partial charge in [0.1, 0.15) is 11.5 Å². The molecule has 0 aromatic carbocycles. The van der Waals surface area contributed by atoms with Crippen LogP contribution in [0.1, 0.15) is 27.2 Å². The van der Waals surface area contributed by atoms with Gasteiger partial charge in [-0.3, -0.25) is 4.79 Å². The van der Waals surface area contributed by atoms with E-state index in [-0.39, 0.29) is 24.2 Å². The molecule has 0 saturated carbocycles. The Bertz CT molecular complexity index is 725. The monoisotopic (exact) mass is 345 g/mol. The SMILES string of the molecule is Cn1ccnc1[C@@H]1CN(C(=O)c2csc(C(F)(F)F)n2)C[C@H]1N. The summed E-state index contributed by atoms with van der Waals surface area (Å²) < 4.78 is 39.6. The maximum Gasteiger partial charge on any atom is 0.443 e. The molecule has 23 heavy (non-hydrogen) atoms. The topological polar surface area (TPSA) is 77.0 Å². The lowest BCUT2D eigenvalue weighted by Gasteiger charge is -2.15. The Morgan fingerprint density at radius 3 is 2.74 bits per heavy atom. The molecular weight excluding hydrogens is 331 g/mol. The van der Waals surface area contributed by atoms with Crippen molar-refractivity contribution in [2.45, 2.75) is 18.1 Å². The average molecular weight is 345 g/mol. The molecule has 0 bridgehead atoms. The van der Waals surface area contributed by atoms with E-state index in [9.17, 15) is 18.0 Å². The molecule has 3 rings (SSSR count). The van der Waals surface area contributed by atoms with Gasteiger partial charge in [-0.1, -0.05) is 0 Å². The molecule has 1 aliphatic heterocycles. The Morgan fingerprint density at radius 2 is 2.17 bits per heavy atom. The van der Waals surface area contributed by atoms with Gasteiger partial charge < -0.3 is 15.2 Å². The van der Waals surface area contributed by atoms with E-state index in [0.717, 1.165) is 11.2 Å². The number of aromatic nitrogens is 3. The maximum atomic E-state index is 12.6. The normalized spacial score (nSPS) is 21.9. The van der Waals surface area contributed by atoms with Crippen molar-refractivity contribution in [3.8, 4) is 0 Å². The highest BCUT2D eigenvalue weighted by atomic mass is 32.1. The molecule has 1 amide bonds. The minimum atomic E-state index is -4.54. The number of thiazole rings is 1. The molecule has 0 aliphatic carbocycles. The van der Waals surface area contributed by atoms with Crippen LogP contribution in [0.3, 0.4) is 0 Å². The molecule has 2 N–H and O–H groups in total. The van der Waals surface area contributed by atoms with Crippen LogP contribution in [0, 0.1) is 0 Å². The molecule has 6 nitrogen and oxygen atoms in total. The minimum absolute atomic E-state index is 0.153. The fraction of sp³-hybridized carbons (Fsp3) is 0.462. The molecule has 10 heteroatoms. The van der Waals surface area contributed by atoms with Crippen molar-refractivity contribution in [3.63, 3.8) is 0 Å². The second-order valence-electron chi connectivity index (χ2n) is 5.41. The molecule has 1 aliphatic rings. The van der Waals surface area contributed by atoms with Crippen LogP contribution in [0.2, 0.25) is 0 Å². The predicted octanol–water partition coefficient (Wildman–Crippen LogP) is 1.46. The molecule has 0 radical (unpaired) electrons. The van der Waals surface area contributed by atoms with E-state index in [1.807, 2.05) is 11.6 Å². The molecule has 1 saturated heterocycles. The number of hydrogen-bond donors (Lipinski definition) is 1. The number of rotatable bonds is 2. The molecule has 2 aromatic heterocycles. The van der Waals surface area contributed by atoms with E-state index in [1.54, 1.807) is 12.4 Å². The van der Waals surface area contributed by atoms with Crippen molar-refractivity contribution >= 4 is 17.2 Å². The van der Waals surface area contributed by atoms with Crippen LogP contribution in [0.25, 0.3) is 0 Å². The summed E-state index contributed by atoms with van der Waals surface area (Å²) in [5.41, 5.74) is 5.88. The van der Waals surface area contributed by atoms with E-state index in [1.165, 1.54) is 4.90 Å². The van der Waals surface area contributed by atoms with E-state index in [4.69, 9.17) is 5.73 Å². The number of nitrogens with zero attached hydrogens (tertiary/aromatic N) is 4. The Labute approximate surface area is 133 Å². The summed E-state index contributed by atoms with van der Waals surface area (Å²) in [6, 6.07) is -0.319. The highest BCUT2D eigenvalue weighted by Crippen LogP contribution is 2.32. The summed E-state index contributed by atoms with van der Waals surface area (Å²) in [7, 11) is 1.83. The molecular formula is C13H14F3N5OS. The van der Waals surface area contributed by atoms with Crippen molar-refractivity contribution in [2.75, 3.05) is 13.1 Å². The van der Waals surface area contributed by atoms with Gasteiger partial charge in [0.2, 0.25) is 0 Å². The summed E-state index contributed by atoms with van der Waals surface area (Å²) in [5, 5.41) is 0.107. The van der Waals surface area contributed by atoms with Gasteiger partial charge in [0.25, 0.3) is 5.91 Å². The molecule has 124 valence electrons. The lowest BCUT2D eigenvalue weighted by molar-refractivity contribution is -0.137. The molecule has 3 heterocycles. The zero-order valence-corrected chi connectivity index (χ0v) is 12.9. The van der Waals surface area contributed by atoms with Gasteiger partial charge in [-0.15, -0.1) is 11.3 Å². The van der Waals surface area contributed by atoms with E-state index >= 15 is 0 Å². The second kappa shape index (κ2) is 5.60. The Kier molecular flexibility index (Phi) is 3.88. The first-order chi connectivity index (χ1) is 10.8. The predicted molar refractivity (Wildman–Crippen MR) is 76.9 cm³/mol. The number of carbonyl (C=O) groups is 1. The lowest BCUT2D eigenvalue weighted by atomic mass is 10.0. The van der Waals surface area contributed by atoms with Gasteiger partial charge in [0, 0.05) is 44.0 Å². The van der Waals surface area contributed by atoms with Crippen molar-refractivity contribution in [2.24, 2.45) is 12.8 Å². The van der Waals surface area contributed by atoms with Crippen LogP contribution in [-0.2, 0) is 13.2 Å². The maximum absolute atomic E-state index is 12.6. The number of aryl methyl sites for hydroxylation is 1. The van der Waals surface area contributed by atoms with Crippen molar-refractivity contribution < 1.29 is 18.0 Å². The highest BCUT2D eigenvalue weighted by molar-refractivity contribution is 7.09. The lowest BCUT2D eigenvalue weighted by Crippen LogP contribution is -2.32. The standard InChI is InChI=1S/C13H14F3N5OS/c1-20-3-2-18-10(20)7-4-21(5-8(7)17)11(22)9-6-23-12(19-9)13(14,15)16/h2-3,6-8H,4-5,17H2,1H3/t7-,8-/m1/s1. The fourth-order valence-electron chi connectivity index (χ4n) is 2.67. The first-order valence-electron chi connectivity index (χ1n) is 6.82. The van der Waals surface area contributed by atoms with Gasteiger partial charge in [0.15, 0.2) is 5.01 Å². The van der Waals surface area contributed by atoms with Gasteiger partial charge in [-0.05, 0) is 0 Å². The molecule has 0 spiro atoms. The summed E-state index contributed by atoms with van der Waals surface area (Å²) in [6.07, 6.45) is -1.12. The summed E-state index contributed by atoms with van der Waals surface area (Å²) in [6.45, 7) is 0.568. The number of alkyl halides is 3. The second-order valence-corrected chi connectivity index (χ2v) is 6.27. The number of nitrogens with two attached hydrogens (primary N) is 1.